The fraction of sp³-hybridized carbons (Fsp3) is 0.250. The molecule has 0 aliphatic rings. The molecule has 0 N–H and O–H groups in total. The number of carbonyl (C=O) groups is 1. The number of carbonyl (C=O) groups excluding carboxylic acids is 1. The Morgan fingerprint density at radius 1 is 1.15 bits per heavy atom. The Hall–Kier alpha value is -3.15. The molecule has 3 rings (SSSR count). The molecule has 6 heteroatoms. The van der Waals surface area contributed by atoms with E-state index in [2.05, 4.69) is 10.1 Å². The number of nitrogens with zero attached hydrogens (tertiary/aromatic N) is 4. The summed E-state index contributed by atoms with van der Waals surface area (Å²) in [4.78, 5) is 18.1. The fourth-order valence-corrected chi connectivity index (χ4v) is 2.57. The lowest BCUT2D eigenvalue weighted by Crippen LogP contribution is -2.33. The van der Waals surface area contributed by atoms with Crippen molar-refractivity contribution in [3.8, 4) is 11.4 Å². The molecule has 2 aromatic carbocycles. The maximum absolute atomic E-state index is 12.4. The minimum atomic E-state index is -0.0709. The molecule has 0 saturated heterocycles. The maximum Gasteiger partial charge on any atom is 0.260 e. The van der Waals surface area contributed by atoms with Gasteiger partial charge in [-0.15, -0.1) is 0 Å². The van der Waals surface area contributed by atoms with E-state index in [4.69, 9.17) is 4.74 Å². The van der Waals surface area contributed by atoms with Gasteiger partial charge in [0, 0.05) is 7.05 Å². The Morgan fingerprint density at radius 2 is 1.85 bits per heavy atom. The molecule has 134 valence electrons. The molecule has 0 unspecified atom stereocenters. The Balaban J connectivity index is 1.60. The van der Waals surface area contributed by atoms with E-state index >= 15 is 0 Å². The number of aromatic nitrogens is 3. The van der Waals surface area contributed by atoms with Crippen LogP contribution in [0.1, 0.15) is 24.1 Å². The predicted molar refractivity (Wildman–Crippen MR) is 99.2 cm³/mol. The van der Waals surface area contributed by atoms with Crippen LogP contribution in [0.4, 0.5) is 0 Å². The van der Waals surface area contributed by atoms with E-state index in [-0.39, 0.29) is 18.6 Å². The minimum absolute atomic E-state index is 0.0148. The Bertz CT molecular complexity index is 843. The first kappa shape index (κ1) is 17.7. The van der Waals surface area contributed by atoms with Crippen LogP contribution >= 0.6 is 0 Å². The van der Waals surface area contributed by atoms with Crippen LogP contribution in [0.15, 0.2) is 61.2 Å². The van der Waals surface area contributed by atoms with Crippen molar-refractivity contribution in [1.29, 1.82) is 0 Å². The first-order valence-electron chi connectivity index (χ1n) is 8.44. The van der Waals surface area contributed by atoms with Crippen molar-refractivity contribution < 1.29 is 9.53 Å². The number of amides is 1. The quantitative estimate of drug-likeness (QED) is 0.685. The lowest BCUT2D eigenvalue weighted by Gasteiger charge is -2.25. The average Bonchev–Trinajstić information content (AvgIpc) is 3.21. The second kappa shape index (κ2) is 7.82. The van der Waals surface area contributed by atoms with Crippen molar-refractivity contribution in [2.24, 2.45) is 0 Å². The van der Waals surface area contributed by atoms with Crippen molar-refractivity contribution in [2.45, 2.75) is 19.9 Å². The molecule has 3 aromatic rings. The highest BCUT2D eigenvalue weighted by molar-refractivity contribution is 5.78. The van der Waals surface area contributed by atoms with Gasteiger partial charge in [-0.3, -0.25) is 4.79 Å². The van der Waals surface area contributed by atoms with E-state index in [9.17, 15) is 4.79 Å². The highest BCUT2D eigenvalue weighted by Gasteiger charge is 2.18. The molecule has 1 amide bonds. The molecule has 26 heavy (non-hydrogen) atoms. The maximum atomic E-state index is 12.4. The molecule has 1 atom stereocenters. The summed E-state index contributed by atoms with van der Waals surface area (Å²) >= 11 is 0. The molecule has 0 spiro atoms. The van der Waals surface area contributed by atoms with Crippen LogP contribution in [0.5, 0.6) is 5.75 Å². The van der Waals surface area contributed by atoms with E-state index in [1.54, 1.807) is 23.0 Å². The van der Waals surface area contributed by atoms with E-state index in [1.807, 2.05) is 62.4 Å². The lowest BCUT2D eigenvalue weighted by molar-refractivity contribution is -0.134. The number of hydrogen-bond donors (Lipinski definition) is 0. The highest BCUT2D eigenvalue weighted by atomic mass is 16.5. The molecular weight excluding hydrogens is 328 g/mol. The molecule has 0 aliphatic carbocycles. The second-order valence-corrected chi connectivity index (χ2v) is 6.21. The largest absolute Gasteiger partial charge is 0.484 e. The topological polar surface area (TPSA) is 60.2 Å². The van der Waals surface area contributed by atoms with Gasteiger partial charge in [-0.1, -0.05) is 29.8 Å². The summed E-state index contributed by atoms with van der Waals surface area (Å²) in [5.41, 5.74) is 3.12. The van der Waals surface area contributed by atoms with Gasteiger partial charge in [-0.2, -0.15) is 5.10 Å². The van der Waals surface area contributed by atoms with Gasteiger partial charge in [0.2, 0.25) is 0 Å². The number of rotatable bonds is 6. The fourth-order valence-electron chi connectivity index (χ4n) is 2.57. The molecule has 0 radical (unpaired) electrons. The van der Waals surface area contributed by atoms with E-state index in [1.165, 1.54) is 6.33 Å². The van der Waals surface area contributed by atoms with Gasteiger partial charge < -0.3 is 9.64 Å². The van der Waals surface area contributed by atoms with Crippen molar-refractivity contribution in [3.05, 3.63) is 72.3 Å². The first-order chi connectivity index (χ1) is 12.5. The Morgan fingerprint density at radius 3 is 2.46 bits per heavy atom. The van der Waals surface area contributed by atoms with Crippen molar-refractivity contribution in [1.82, 2.24) is 19.7 Å². The lowest BCUT2D eigenvalue weighted by atomic mass is 10.1. The average molecular weight is 350 g/mol. The van der Waals surface area contributed by atoms with Crippen LogP contribution in [0, 0.1) is 6.92 Å². The molecule has 0 fully saturated rings. The Labute approximate surface area is 153 Å². The molecular formula is C20H22N4O2. The molecule has 0 saturated carbocycles. The zero-order valence-electron chi connectivity index (χ0n) is 15.2. The van der Waals surface area contributed by atoms with Gasteiger partial charge in [0.25, 0.3) is 5.91 Å². The van der Waals surface area contributed by atoms with Crippen molar-refractivity contribution in [3.63, 3.8) is 0 Å². The second-order valence-electron chi connectivity index (χ2n) is 6.21. The summed E-state index contributed by atoms with van der Waals surface area (Å²) in [6.07, 6.45) is 3.15. The van der Waals surface area contributed by atoms with Crippen LogP contribution in [-0.4, -0.2) is 39.2 Å². The predicted octanol–water partition coefficient (Wildman–Crippen LogP) is 3.17. The molecule has 6 nitrogen and oxygen atoms in total. The van der Waals surface area contributed by atoms with Gasteiger partial charge in [0.15, 0.2) is 6.61 Å². The van der Waals surface area contributed by atoms with Gasteiger partial charge in [0.05, 0.1) is 11.7 Å². The minimum Gasteiger partial charge on any atom is -0.484 e. The number of benzene rings is 2. The monoisotopic (exact) mass is 350 g/mol. The summed E-state index contributed by atoms with van der Waals surface area (Å²) in [5, 5.41) is 4.11. The standard InChI is InChI=1S/C20H22N4O2/c1-15-4-10-19(11-5-15)26-12-20(25)23(3)16(2)17-6-8-18(9-7-17)24-14-21-13-22-24/h4-11,13-14,16H,12H2,1-3H3/t16-/m0/s1. The Kier molecular flexibility index (Phi) is 5.31. The summed E-state index contributed by atoms with van der Waals surface area (Å²) in [7, 11) is 1.79. The number of aryl methyl sites for hydroxylation is 1. The summed E-state index contributed by atoms with van der Waals surface area (Å²) in [5.74, 6) is 0.626. The van der Waals surface area contributed by atoms with E-state index < -0.39 is 0 Å². The number of hydrogen-bond acceptors (Lipinski definition) is 4. The van der Waals surface area contributed by atoms with E-state index in [0.29, 0.717) is 5.75 Å². The first-order valence-corrected chi connectivity index (χ1v) is 8.44. The van der Waals surface area contributed by atoms with Gasteiger partial charge >= 0.3 is 0 Å². The summed E-state index contributed by atoms with van der Waals surface area (Å²) in [6, 6.07) is 15.5. The number of ether oxygens (including phenoxy) is 1. The van der Waals surface area contributed by atoms with Crippen LogP contribution in [-0.2, 0) is 4.79 Å². The highest BCUT2D eigenvalue weighted by Crippen LogP contribution is 2.20. The van der Waals surface area contributed by atoms with Crippen LogP contribution in [0.2, 0.25) is 0 Å². The molecule has 0 bridgehead atoms. The zero-order valence-corrected chi connectivity index (χ0v) is 15.2. The van der Waals surface area contributed by atoms with Crippen LogP contribution in [0.3, 0.4) is 0 Å². The summed E-state index contributed by atoms with van der Waals surface area (Å²) < 4.78 is 7.28. The third-order valence-electron chi connectivity index (χ3n) is 4.42. The van der Waals surface area contributed by atoms with Gasteiger partial charge in [-0.05, 0) is 43.7 Å². The summed E-state index contributed by atoms with van der Waals surface area (Å²) in [6.45, 7) is 4.02. The van der Waals surface area contributed by atoms with E-state index in [0.717, 1.165) is 16.8 Å². The van der Waals surface area contributed by atoms with Gasteiger partial charge in [0.1, 0.15) is 18.4 Å². The normalized spacial score (nSPS) is 11.8. The third-order valence-corrected chi connectivity index (χ3v) is 4.42. The molecule has 1 heterocycles. The van der Waals surface area contributed by atoms with Crippen molar-refractivity contribution >= 4 is 5.91 Å². The number of likely N-dealkylation sites (N-methyl/N-ethyl adjacent to an activating group) is 1. The van der Waals surface area contributed by atoms with Crippen LogP contribution < -0.4 is 4.74 Å². The van der Waals surface area contributed by atoms with Gasteiger partial charge in [-0.25, -0.2) is 9.67 Å². The van der Waals surface area contributed by atoms with Crippen LogP contribution in [0.25, 0.3) is 5.69 Å². The molecule has 1 aromatic heterocycles. The molecule has 0 aliphatic heterocycles. The third kappa shape index (κ3) is 4.08. The van der Waals surface area contributed by atoms with Crippen molar-refractivity contribution in [2.75, 3.05) is 13.7 Å². The SMILES string of the molecule is Cc1ccc(OCC(=O)N(C)[C@@H](C)c2ccc(-n3cncn3)cc2)cc1. The zero-order chi connectivity index (χ0) is 18.5. The smallest absolute Gasteiger partial charge is 0.260 e.